The largest absolute Gasteiger partial charge is 0.473 e. The summed E-state index contributed by atoms with van der Waals surface area (Å²) in [5, 5.41) is 9.38. The number of aromatic nitrogens is 1. The lowest BCUT2D eigenvalue weighted by Crippen LogP contribution is -2.12. The van der Waals surface area contributed by atoms with Gasteiger partial charge in [0.1, 0.15) is 11.1 Å². The zero-order chi connectivity index (χ0) is 10.7. The van der Waals surface area contributed by atoms with Crippen LogP contribution < -0.4 is 4.74 Å². The molecule has 1 N–H and O–H groups in total. The number of rotatable bonds is 3. The van der Waals surface area contributed by atoms with Crippen molar-refractivity contribution >= 4 is 11.6 Å². The molecule has 0 unspecified atom stereocenters. The lowest BCUT2D eigenvalue weighted by molar-refractivity contribution is 0.201. The Kier molecular flexibility index (Phi) is 3.44. The molecule has 4 heteroatoms. The van der Waals surface area contributed by atoms with Crippen LogP contribution in [0.15, 0.2) is 12.3 Å². The number of aliphatic hydroxyl groups excluding tert-OH is 1. The van der Waals surface area contributed by atoms with Crippen LogP contribution in [0.2, 0.25) is 5.02 Å². The molecule has 15 heavy (non-hydrogen) atoms. The average molecular weight is 228 g/mol. The van der Waals surface area contributed by atoms with Gasteiger partial charge in [-0.3, -0.25) is 0 Å². The van der Waals surface area contributed by atoms with Crippen LogP contribution in [0.25, 0.3) is 0 Å². The van der Waals surface area contributed by atoms with E-state index in [4.69, 9.17) is 21.4 Å². The molecule has 0 spiro atoms. The molecule has 1 saturated carbocycles. The summed E-state index contributed by atoms with van der Waals surface area (Å²) in [4.78, 5) is 4.10. The topological polar surface area (TPSA) is 42.4 Å². The Balaban J connectivity index is 2.07. The minimum absolute atomic E-state index is 0.0452. The maximum Gasteiger partial charge on any atom is 0.232 e. The molecule has 82 valence electrons. The van der Waals surface area contributed by atoms with Crippen molar-refractivity contribution < 1.29 is 9.84 Å². The molecule has 0 bridgehead atoms. The van der Waals surface area contributed by atoms with E-state index < -0.39 is 0 Å². The average Bonchev–Trinajstić information content (AvgIpc) is 2.74. The first-order valence-electron chi connectivity index (χ1n) is 5.21. The van der Waals surface area contributed by atoms with Crippen molar-refractivity contribution in [3.8, 4) is 5.88 Å². The zero-order valence-electron chi connectivity index (χ0n) is 8.45. The second-order valence-corrected chi connectivity index (χ2v) is 4.22. The van der Waals surface area contributed by atoms with Crippen molar-refractivity contribution in [3.63, 3.8) is 0 Å². The molecule has 2 rings (SSSR count). The highest BCUT2D eigenvalue weighted by molar-refractivity contribution is 6.31. The SMILES string of the molecule is OCc1cnc(OC2CCCC2)c(Cl)c1. The van der Waals surface area contributed by atoms with E-state index in [-0.39, 0.29) is 12.7 Å². The van der Waals surface area contributed by atoms with Gasteiger partial charge in [-0.05, 0) is 37.3 Å². The standard InChI is InChI=1S/C11H14ClNO2/c12-10-5-8(7-14)6-13-11(10)15-9-3-1-2-4-9/h5-6,9,14H,1-4,7H2. The molecule has 0 aliphatic heterocycles. The van der Waals surface area contributed by atoms with Gasteiger partial charge < -0.3 is 9.84 Å². The Bertz CT molecular complexity index is 337. The van der Waals surface area contributed by atoms with E-state index >= 15 is 0 Å². The van der Waals surface area contributed by atoms with Gasteiger partial charge in [0.25, 0.3) is 0 Å². The number of halogens is 1. The van der Waals surface area contributed by atoms with E-state index in [1.165, 1.54) is 12.8 Å². The van der Waals surface area contributed by atoms with Gasteiger partial charge in [-0.25, -0.2) is 4.98 Å². The Labute approximate surface area is 94.0 Å². The monoisotopic (exact) mass is 227 g/mol. The lowest BCUT2D eigenvalue weighted by atomic mass is 10.3. The minimum Gasteiger partial charge on any atom is -0.473 e. The molecule has 3 nitrogen and oxygen atoms in total. The summed E-state index contributed by atoms with van der Waals surface area (Å²) in [6.45, 7) is -0.0452. The van der Waals surface area contributed by atoms with Crippen molar-refractivity contribution in [1.29, 1.82) is 0 Å². The van der Waals surface area contributed by atoms with Crippen LogP contribution in [0, 0.1) is 0 Å². The van der Waals surface area contributed by atoms with Crippen molar-refractivity contribution in [2.24, 2.45) is 0 Å². The second-order valence-electron chi connectivity index (χ2n) is 3.81. The van der Waals surface area contributed by atoms with Crippen molar-refractivity contribution in [3.05, 3.63) is 22.8 Å². The van der Waals surface area contributed by atoms with Crippen LogP contribution in [-0.2, 0) is 6.61 Å². The summed E-state index contributed by atoms with van der Waals surface area (Å²) in [6.07, 6.45) is 6.46. The molecule has 1 fully saturated rings. The number of hydrogen-bond donors (Lipinski definition) is 1. The smallest absolute Gasteiger partial charge is 0.232 e. The lowest BCUT2D eigenvalue weighted by Gasteiger charge is -2.13. The molecule has 0 saturated heterocycles. The van der Waals surface area contributed by atoms with E-state index in [1.54, 1.807) is 12.3 Å². The van der Waals surface area contributed by atoms with Gasteiger partial charge in [0.15, 0.2) is 0 Å². The highest BCUT2D eigenvalue weighted by Gasteiger charge is 2.18. The molecule has 0 aromatic carbocycles. The van der Waals surface area contributed by atoms with Crippen LogP contribution >= 0.6 is 11.6 Å². The Morgan fingerprint density at radius 3 is 2.80 bits per heavy atom. The third-order valence-electron chi connectivity index (χ3n) is 2.63. The van der Waals surface area contributed by atoms with E-state index in [2.05, 4.69) is 4.98 Å². The van der Waals surface area contributed by atoms with E-state index in [0.717, 1.165) is 12.8 Å². The first-order chi connectivity index (χ1) is 7.29. The van der Waals surface area contributed by atoms with Gasteiger partial charge in [0.05, 0.1) is 6.61 Å². The van der Waals surface area contributed by atoms with Gasteiger partial charge in [-0.1, -0.05) is 11.6 Å². The van der Waals surface area contributed by atoms with Gasteiger partial charge in [-0.15, -0.1) is 0 Å². The third kappa shape index (κ3) is 2.61. The van der Waals surface area contributed by atoms with Crippen molar-refractivity contribution in [2.75, 3.05) is 0 Å². The van der Waals surface area contributed by atoms with E-state index in [9.17, 15) is 0 Å². The molecule has 1 aromatic rings. The highest BCUT2D eigenvalue weighted by atomic mass is 35.5. The Morgan fingerprint density at radius 2 is 2.20 bits per heavy atom. The molecular formula is C11H14ClNO2. The normalized spacial score (nSPS) is 16.9. The van der Waals surface area contributed by atoms with Crippen LogP contribution in [-0.4, -0.2) is 16.2 Å². The van der Waals surface area contributed by atoms with Crippen LogP contribution in [0.3, 0.4) is 0 Å². The van der Waals surface area contributed by atoms with Gasteiger partial charge in [0, 0.05) is 6.20 Å². The maximum absolute atomic E-state index is 8.90. The molecular weight excluding hydrogens is 214 g/mol. The summed E-state index contributed by atoms with van der Waals surface area (Å²) in [6, 6.07) is 1.69. The van der Waals surface area contributed by atoms with Crippen molar-refractivity contribution in [1.82, 2.24) is 4.98 Å². The zero-order valence-corrected chi connectivity index (χ0v) is 9.20. The Morgan fingerprint density at radius 1 is 1.47 bits per heavy atom. The summed E-state index contributed by atoms with van der Waals surface area (Å²) < 4.78 is 5.68. The molecule has 1 aromatic heterocycles. The summed E-state index contributed by atoms with van der Waals surface area (Å²) >= 11 is 5.99. The third-order valence-corrected chi connectivity index (χ3v) is 2.90. The maximum atomic E-state index is 8.90. The number of hydrogen-bond acceptors (Lipinski definition) is 3. The van der Waals surface area contributed by atoms with E-state index in [0.29, 0.717) is 16.5 Å². The first kappa shape index (κ1) is 10.7. The summed E-state index contributed by atoms with van der Waals surface area (Å²) in [5.41, 5.74) is 0.707. The number of nitrogens with zero attached hydrogens (tertiary/aromatic N) is 1. The highest BCUT2D eigenvalue weighted by Crippen LogP contribution is 2.28. The fraction of sp³-hybridized carbons (Fsp3) is 0.545. The summed E-state index contributed by atoms with van der Waals surface area (Å²) in [7, 11) is 0. The minimum atomic E-state index is -0.0452. The van der Waals surface area contributed by atoms with Crippen LogP contribution in [0.5, 0.6) is 5.88 Å². The predicted molar refractivity (Wildman–Crippen MR) is 58.1 cm³/mol. The number of aliphatic hydroxyl groups is 1. The predicted octanol–water partition coefficient (Wildman–Crippen LogP) is 2.55. The van der Waals surface area contributed by atoms with Crippen LogP contribution in [0.4, 0.5) is 0 Å². The molecule has 1 aliphatic rings. The van der Waals surface area contributed by atoms with Crippen LogP contribution in [0.1, 0.15) is 31.2 Å². The van der Waals surface area contributed by atoms with Gasteiger partial charge in [-0.2, -0.15) is 0 Å². The molecule has 1 aliphatic carbocycles. The second kappa shape index (κ2) is 4.81. The molecule has 0 radical (unpaired) electrons. The fourth-order valence-corrected chi connectivity index (χ4v) is 2.04. The number of ether oxygens (including phenoxy) is 1. The molecule has 0 atom stereocenters. The molecule has 1 heterocycles. The first-order valence-corrected chi connectivity index (χ1v) is 5.59. The quantitative estimate of drug-likeness (QED) is 0.863. The Hall–Kier alpha value is -0.800. The van der Waals surface area contributed by atoms with Crippen molar-refractivity contribution in [2.45, 2.75) is 38.4 Å². The van der Waals surface area contributed by atoms with Gasteiger partial charge >= 0.3 is 0 Å². The van der Waals surface area contributed by atoms with Gasteiger partial charge in [0.2, 0.25) is 5.88 Å². The van der Waals surface area contributed by atoms with E-state index in [1.807, 2.05) is 0 Å². The summed E-state index contributed by atoms with van der Waals surface area (Å²) in [5.74, 6) is 0.487. The fourth-order valence-electron chi connectivity index (χ4n) is 1.80. The number of pyridine rings is 1. The molecule has 0 amide bonds.